The highest BCUT2D eigenvalue weighted by atomic mass is 16.2. The molecule has 80 valence electrons. The Bertz CT molecular complexity index is 242. The van der Waals surface area contributed by atoms with Crippen LogP contribution in [0.5, 0.6) is 0 Å². The van der Waals surface area contributed by atoms with Crippen molar-refractivity contribution in [3.05, 3.63) is 0 Å². The van der Waals surface area contributed by atoms with Gasteiger partial charge in [0.25, 0.3) is 0 Å². The van der Waals surface area contributed by atoms with Crippen molar-refractivity contribution in [2.24, 2.45) is 5.73 Å². The van der Waals surface area contributed by atoms with Gasteiger partial charge < -0.3 is 15.5 Å². The molecule has 0 aromatic heterocycles. The minimum Gasteiger partial charge on any atom is -0.339 e. The summed E-state index contributed by atoms with van der Waals surface area (Å²) in [5.74, 6) is 0.0254. The first-order chi connectivity index (χ1) is 6.56. The van der Waals surface area contributed by atoms with E-state index in [2.05, 4.69) is 0 Å². The van der Waals surface area contributed by atoms with Crippen molar-refractivity contribution in [1.82, 2.24) is 9.80 Å². The monoisotopic (exact) mass is 199 g/mol. The average molecular weight is 199 g/mol. The van der Waals surface area contributed by atoms with Crippen molar-refractivity contribution in [1.29, 1.82) is 0 Å². The lowest BCUT2D eigenvalue weighted by atomic mass is 10.2. The number of hydrogen-bond acceptors (Lipinski definition) is 3. The molecule has 1 atom stereocenters. The maximum absolute atomic E-state index is 11.4. The van der Waals surface area contributed by atoms with Crippen LogP contribution in [-0.4, -0.2) is 53.8 Å². The van der Waals surface area contributed by atoms with Gasteiger partial charge >= 0.3 is 0 Å². The molecule has 1 aliphatic rings. The van der Waals surface area contributed by atoms with Crippen LogP contribution in [0, 0.1) is 0 Å². The maximum atomic E-state index is 11.4. The third-order valence-electron chi connectivity index (χ3n) is 2.57. The minimum absolute atomic E-state index is 0.0410. The SMILES string of the molecule is CC(=O)N1CCN(C(=O)CN)C(C)C1. The zero-order valence-electron chi connectivity index (χ0n) is 8.69. The standard InChI is InChI=1S/C9H17N3O2/c1-7-6-11(8(2)13)3-4-12(7)9(14)5-10/h7H,3-6,10H2,1-2H3. The van der Waals surface area contributed by atoms with Crippen molar-refractivity contribution in [3.8, 4) is 0 Å². The summed E-state index contributed by atoms with van der Waals surface area (Å²) in [7, 11) is 0. The Morgan fingerprint density at radius 1 is 1.43 bits per heavy atom. The molecular weight excluding hydrogens is 182 g/mol. The molecule has 1 heterocycles. The summed E-state index contributed by atoms with van der Waals surface area (Å²) in [6, 6.07) is 0.0729. The molecule has 5 nitrogen and oxygen atoms in total. The summed E-state index contributed by atoms with van der Waals surface area (Å²) in [5, 5.41) is 0. The Labute approximate surface area is 83.8 Å². The summed E-state index contributed by atoms with van der Waals surface area (Å²) in [6.07, 6.45) is 0. The number of piperazine rings is 1. The van der Waals surface area contributed by atoms with Crippen molar-refractivity contribution < 1.29 is 9.59 Å². The van der Waals surface area contributed by atoms with E-state index in [0.717, 1.165) is 0 Å². The largest absolute Gasteiger partial charge is 0.339 e. The predicted molar refractivity (Wildman–Crippen MR) is 52.5 cm³/mol. The molecule has 1 saturated heterocycles. The Hall–Kier alpha value is -1.10. The number of nitrogens with zero attached hydrogens (tertiary/aromatic N) is 2. The quantitative estimate of drug-likeness (QED) is 0.590. The molecule has 0 aromatic carbocycles. The fraction of sp³-hybridized carbons (Fsp3) is 0.778. The normalized spacial score (nSPS) is 22.4. The molecule has 1 rings (SSSR count). The van der Waals surface area contributed by atoms with Gasteiger partial charge in [0.05, 0.1) is 6.54 Å². The molecule has 2 N–H and O–H groups in total. The highest BCUT2D eigenvalue weighted by Crippen LogP contribution is 2.09. The summed E-state index contributed by atoms with van der Waals surface area (Å²) in [6.45, 7) is 5.35. The van der Waals surface area contributed by atoms with Crippen molar-refractivity contribution in [2.75, 3.05) is 26.2 Å². The number of amides is 2. The summed E-state index contributed by atoms with van der Waals surface area (Å²) >= 11 is 0. The Kier molecular flexibility index (Phi) is 3.46. The van der Waals surface area contributed by atoms with Gasteiger partial charge in [-0.05, 0) is 6.92 Å². The lowest BCUT2D eigenvalue weighted by molar-refractivity contribution is -0.140. The van der Waals surface area contributed by atoms with Crippen LogP contribution in [-0.2, 0) is 9.59 Å². The molecule has 1 aliphatic heterocycles. The van der Waals surface area contributed by atoms with Gasteiger partial charge in [0.2, 0.25) is 11.8 Å². The van der Waals surface area contributed by atoms with E-state index in [1.54, 1.807) is 16.7 Å². The molecular formula is C9H17N3O2. The lowest BCUT2D eigenvalue weighted by Crippen LogP contribution is -2.56. The zero-order chi connectivity index (χ0) is 10.7. The molecule has 1 fully saturated rings. The van der Waals surface area contributed by atoms with E-state index in [1.807, 2.05) is 6.92 Å². The van der Waals surface area contributed by atoms with Gasteiger partial charge in [0.15, 0.2) is 0 Å². The van der Waals surface area contributed by atoms with Crippen LogP contribution in [0.2, 0.25) is 0 Å². The second-order valence-corrected chi connectivity index (χ2v) is 3.61. The van der Waals surface area contributed by atoms with Crippen LogP contribution < -0.4 is 5.73 Å². The number of carbonyl (C=O) groups is 2. The van der Waals surface area contributed by atoms with Crippen LogP contribution in [0.3, 0.4) is 0 Å². The second kappa shape index (κ2) is 4.41. The zero-order valence-corrected chi connectivity index (χ0v) is 8.69. The third kappa shape index (κ3) is 2.23. The molecule has 0 aromatic rings. The first-order valence-electron chi connectivity index (χ1n) is 4.81. The van der Waals surface area contributed by atoms with Crippen molar-refractivity contribution in [2.45, 2.75) is 19.9 Å². The van der Waals surface area contributed by atoms with Gasteiger partial charge in [0.1, 0.15) is 0 Å². The fourth-order valence-corrected chi connectivity index (χ4v) is 1.73. The Morgan fingerprint density at radius 3 is 2.50 bits per heavy atom. The first-order valence-corrected chi connectivity index (χ1v) is 4.81. The van der Waals surface area contributed by atoms with Crippen LogP contribution in [0.1, 0.15) is 13.8 Å². The summed E-state index contributed by atoms with van der Waals surface area (Å²) < 4.78 is 0. The highest BCUT2D eigenvalue weighted by molar-refractivity contribution is 5.79. The molecule has 1 unspecified atom stereocenters. The maximum Gasteiger partial charge on any atom is 0.236 e. The van der Waals surface area contributed by atoms with E-state index in [4.69, 9.17) is 5.73 Å². The molecule has 14 heavy (non-hydrogen) atoms. The van der Waals surface area contributed by atoms with E-state index < -0.39 is 0 Å². The van der Waals surface area contributed by atoms with Crippen LogP contribution in [0.4, 0.5) is 0 Å². The molecule has 0 radical (unpaired) electrons. The smallest absolute Gasteiger partial charge is 0.236 e. The number of nitrogens with two attached hydrogens (primary N) is 1. The van der Waals surface area contributed by atoms with E-state index in [0.29, 0.717) is 19.6 Å². The minimum atomic E-state index is -0.0410. The molecule has 2 amide bonds. The topological polar surface area (TPSA) is 66.6 Å². The first kappa shape index (κ1) is 11.0. The van der Waals surface area contributed by atoms with Gasteiger partial charge in [-0.2, -0.15) is 0 Å². The third-order valence-corrected chi connectivity index (χ3v) is 2.57. The van der Waals surface area contributed by atoms with Crippen LogP contribution >= 0.6 is 0 Å². The lowest BCUT2D eigenvalue weighted by Gasteiger charge is -2.39. The summed E-state index contributed by atoms with van der Waals surface area (Å²) in [4.78, 5) is 25.9. The molecule has 0 bridgehead atoms. The van der Waals surface area contributed by atoms with E-state index in [9.17, 15) is 9.59 Å². The predicted octanol–water partition coefficient (Wildman–Crippen LogP) is -0.976. The van der Waals surface area contributed by atoms with E-state index >= 15 is 0 Å². The van der Waals surface area contributed by atoms with Gasteiger partial charge in [0, 0.05) is 32.6 Å². The van der Waals surface area contributed by atoms with Gasteiger partial charge in [-0.3, -0.25) is 9.59 Å². The van der Waals surface area contributed by atoms with Gasteiger partial charge in [-0.25, -0.2) is 0 Å². The number of rotatable bonds is 1. The average Bonchev–Trinajstić information content (AvgIpc) is 2.16. The van der Waals surface area contributed by atoms with E-state index in [1.165, 1.54) is 0 Å². The van der Waals surface area contributed by atoms with Crippen molar-refractivity contribution in [3.63, 3.8) is 0 Å². The number of hydrogen-bond donors (Lipinski definition) is 1. The van der Waals surface area contributed by atoms with Gasteiger partial charge in [-0.15, -0.1) is 0 Å². The van der Waals surface area contributed by atoms with E-state index in [-0.39, 0.29) is 24.4 Å². The highest BCUT2D eigenvalue weighted by Gasteiger charge is 2.27. The van der Waals surface area contributed by atoms with Crippen LogP contribution in [0.25, 0.3) is 0 Å². The molecule has 0 aliphatic carbocycles. The van der Waals surface area contributed by atoms with Crippen LogP contribution in [0.15, 0.2) is 0 Å². The Morgan fingerprint density at radius 2 is 2.07 bits per heavy atom. The van der Waals surface area contributed by atoms with Gasteiger partial charge in [-0.1, -0.05) is 0 Å². The molecule has 0 saturated carbocycles. The fourth-order valence-electron chi connectivity index (χ4n) is 1.73. The molecule has 0 spiro atoms. The van der Waals surface area contributed by atoms with Crippen molar-refractivity contribution >= 4 is 11.8 Å². The summed E-state index contributed by atoms with van der Waals surface area (Å²) in [5.41, 5.74) is 5.29. The molecule has 5 heteroatoms. The number of carbonyl (C=O) groups excluding carboxylic acids is 2. The Balaban J connectivity index is 2.56. The second-order valence-electron chi connectivity index (χ2n) is 3.61.